The van der Waals surface area contributed by atoms with E-state index in [9.17, 15) is 9.59 Å². The molecule has 1 heterocycles. The maximum absolute atomic E-state index is 12.0. The zero-order valence-electron chi connectivity index (χ0n) is 11.4. The summed E-state index contributed by atoms with van der Waals surface area (Å²) in [4.78, 5) is 24.5. The fraction of sp³-hybridized carbons (Fsp3) is 0.467. The van der Waals surface area contributed by atoms with Crippen LogP contribution in [0.4, 0.5) is 5.69 Å². The molecule has 0 unspecified atom stereocenters. The normalized spacial score (nSPS) is 13.4. The van der Waals surface area contributed by atoms with Gasteiger partial charge < -0.3 is 14.4 Å². The second-order valence-corrected chi connectivity index (χ2v) is 4.90. The van der Waals surface area contributed by atoms with Crippen molar-refractivity contribution in [1.82, 2.24) is 0 Å². The molecule has 0 aliphatic carbocycles. The van der Waals surface area contributed by atoms with Crippen LogP contribution in [0.3, 0.4) is 0 Å². The van der Waals surface area contributed by atoms with Crippen molar-refractivity contribution in [3.63, 3.8) is 0 Å². The molecule has 0 atom stereocenters. The fourth-order valence-corrected chi connectivity index (χ4v) is 2.15. The van der Waals surface area contributed by atoms with Crippen LogP contribution >= 0.6 is 0 Å². The van der Waals surface area contributed by atoms with E-state index in [1.54, 1.807) is 11.9 Å². The minimum atomic E-state index is -0.0353. The number of amides is 1. The lowest BCUT2D eigenvalue weighted by Gasteiger charge is -2.22. The summed E-state index contributed by atoms with van der Waals surface area (Å²) >= 11 is 0. The highest BCUT2D eigenvalue weighted by atomic mass is 16.5. The highest BCUT2D eigenvalue weighted by molar-refractivity contribution is 5.95. The van der Waals surface area contributed by atoms with Gasteiger partial charge in [0.15, 0.2) is 0 Å². The van der Waals surface area contributed by atoms with E-state index >= 15 is 0 Å². The number of rotatable bonds is 4. The Bertz CT molecular complexity index is 496. The van der Waals surface area contributed by atoms with Crippen LogP contribution < -0.4 is 9.64 Å². The van der Waals surface area contributed by atoms with Crippen LogP contribution in [0.15, 0.2) is 18.2 Å². The zero-order chi connectivity index (χ0) is 13.8. The molecule has 1 aromatic carbocycles. The molecule has 2 rings (SSSR count). The predicted molar refractivity (Wildman–Crippen MR) is 73.6 cm³/mol. The van der Waals surface area contributed by atoms with Crippen LogP contribution in [0.2, 0.25) is 0 Å². The second kappa shape index (κ2) is 5.87. The lowest BCUT2D eigenvalue weighted by Crippen LogP contribution is -2.26. The first-order valence-electron chi connectivity index (χ1n) is 6.59. The Morgan fingerprint density at radius 1 is 1.32 bits per heavy atom. The van der Waals surface area contributed by atoms with E-state index in [1.165, 1.54) is 6.92 Å². The average Bonchev–Trinajstić information content (AvgIpc) is 2.43. The quantitative estimate of drug-likeness (QED) is 0.835. The lowest BCUT2D eigenvalue weighted by molar-refractivity contribution is -0.122. The molecule has 102 valence electrons. The molecule has 0 bridgehead atoms. The molecule has 1 aromatic rings. The minimum Gasteiger partial charge on any atom is -0.493 e. The molecule has 0 fully saturated rings. The molecule has 4 nitrogen and oxygen atoms in total. The number of ketones is 1. The molecule has 1 aliphatic heterocycles. The number of fused-ring (bicyclic) bond motifs is 1. The summed E-state index contributed by atoms with van der Waals surface area (Å²) in [6, 6.07) is 5.80. The van der Waals surface area contributed by atoms with Crippen LogP contribution in [0.1, 0.15) is 31.7 Å². The van der Waals surface area contributed by atoms with Crippen LogP contribution in [0, 0.1) is 0 Å². The van der Waals surface area contributed by atoms with E-state index in [4.69, 9.17) is 4.74 Å². The summed E-state index contributed by atoms with van der Waals surface area (Å²) in [6.07, 6.45) is 2.56. The molecule has 0 radical (unpaired) electrons. The lowest BCUT2D eigenvalue weighted by atomic mass is 10.1. The number of nitrogens with zero attached hydrogens (tertiary/aromatic N) is 1. The summed E-state index contributed by atoms with van der Waals surface area (Å²) in [5.41, 5.74) is 2.01. The smallest absolute Gasteiger partial charge is 0.227 e. The van der Waals surface area contributed by atoms with E-state index in [1.807, 2.05) is 18.2 Å². The van der Waals surface area contributed by atoms with Gasteiger partial charge in [0.25, 0.3) is 0 Å². The van der Waals surface area contributed by atoms with Crippen molar-refractivity contribution in [2.75, 3.05) is 18.6 Å². The van der Waals surface area contributed by atoms with Gasteiger partial charge in [-0.05, 0) is 43.5 Å². The third-order valence-corrected chi connectivity index (χ3v) is 3.34. The first-order chi connectivity index (χ1) is 9.08. The zero-order valence-corrected chi connectivity index (χ0v) is 11.4. The maximum Gasteiger partial charge on any atom is 0.227 e. The number of anilines is 1. The summed E-state index contributed by atoms with van der Waals surface area (Å²) in [5.74, 6) is 0.923. The average molecular weight is 261 g/mol. The van der Waals surface area contributed by atoms with E-state index in [0.29, 0.717) is 6.42 Å². The molecular formula is C15H19NO3. The molecule has 0 N–H and O–H groups in total. The fourth-order valence-electron chi connectivity index (χ4n) is 2.15. The first-order valence-corrected chi connectivity index (χ1v) is 6.59. The Kier molecular flexibility index (Phi) is 4.20. The van der Waals surface area contributed by atoms with Gasteiger partial charge in [0.05, 0.1) is 6.61 Å². The van der Waals surface area contributed by atoms with E-state index in [-0.39, 0.29) is 18.1 Å². The molecule has 4 heteroatoms. The molecular weight excluding hydrogens is 242 g/mol. The Labute approximate surface area is 113 Å². The van der Waals surface area contributed by atoms with Crippen molar-refractivity contribution in [3.8, 4) is 5.75 Å². The van der Waals surface area contributed by atoms with E-state index in [2.05, 4.69) is 0 Å². The molecule has 1 aliphatic rings. The largest absolute Gasteiger partial charge is 0.493 e. The minimum absolute atomic E-state index is 0.0353. The first kappa shape index (κ1) is 13.6. The Hall–Kier alpha value is -1.84. The number of carbonyl (C=O) groups is 2. The summed E-state index contributed by atoms with van der Waals surface area (Å²) < 4.78 is 5.55. The van der Waals surface area contributed by atoms with Gasteiger partial charge in [-0.15, -0.1) is 0 Å². The van der Waals surface area contributed by atoms with Crippen LogP contribution in [0.25, 0.3) is 0 Å². The van der Waals surface area contributed by atoms with Gasteiger partial charge >= 0.3 is 0 Å². The van der Waals surface area contributed by atoms with Gasteiger partial charge in [-0.25, -0.2) is 0 Å². The summed E-state index contributed by atoms with van der Waals surface area (Å²) in [7, 11) is 1.74. The Balaban J connectivity index is 2.08. The highest BCUT2D eigenvalue weighted by Crippen LogP contribution is 2.29. The Morgan fingerprint density at radius 2 is 2.11 bits per heavy atom. The van der Waals surface area contributed by atoms with Crippen LogP contribution in [-0.2, 0) is 16.0 Å². The number of carbonyl (C=O) groups excluding carboxylic acids is 2. The maximum atomic E-state index is 12.0. The van der Waals surface area contributed by atoms with Gasteiger partial charge in [-0.3, -0.25) is 4.79 Å². The number of Topliss-reactive ketones (excluding diaryl/α,β-unsaturated/α-hetero) is 1. The Morgan fingerprint density at radius 3 is 2.84 bits per heavy atom. The number of ether oxygens (including phenoxy) is 1. The number of benzene rings is 1. The van der Waals surface area contributed by atoms with Gasteiger partial charge in [-0.2, -0.15) is 0 Å². The van der Waals surface area contributed by atoms with Gasteiger partial charge in [-0.1, -0.05) is 0 Å². The second-order valence-electron chi connectivity index (χ2n) is 4.90. The molecule has 19 heavy (non-hydrogen) atoms. The highest BCUT2D eigenvalue weighted by Gasteiger charge is 2.15. The topological polar surface area (TPSA) is 46.6 Å². The van der Waals surface area contributed by atoms with Gasteiger partial charge in [0, 0.05) is 25.6 Å². The van der Waals surface area contributed by atoms with E-state index < -0.39 is 0 Å². The summed E-state index contributed by atoms with van der Waals surface area (Å²) in [6.45, 7) is 2.27. The van der Waals surface area contributed by atoms with Crippen molar-refractivity contribution >= 4 is 17.4 Å². The number of aryl methyl sites for hydroxylation is 1. The van der Waals surface area contributed by atoms with Crippen molar-refractivity contribution < 1.29 is 14.3 Å². The molecule has 0 aromatic heterocycles. The van der Waals surface area contributed by atoms with Crippen molar-refractivity contribution in [2.24, 2.45) is 0 Å². The predicted octanol–water partition coefficient (Wildman–Crippen LogP) is 2.34. The monoisotopic (exact) mass is 261 g/mol. The summed E-state index contributed by atoms with van der Waals surface area (Å²) in [5, 5.41) is 0. The van der Waals surface area contributed by atoms with Gasteiger partial charge in [0.2, 0.25) is 5.91 Å². The van der Waals surface area contributed by atoms with Crippen molar-refractivity contribution in [1.29, 1.82) is 0 Å². The molecule has 0 saturated heterocycles. The standard InChI is InChI=1S/C15H19NO3/c1-11(17)5-8-15(18)16(2)13-6-7-14-12(10-13)4-3-9-19-14/h6-7,10H,3-5,8-9H2,1-2H3. The molecule has 1 amide bonds. The number of hydrogen-bond donors (Lipinski definition) is 0. The third-order valence-electron chi connectivity index (χ3n) is 3.34. The SMILES string of the molecule is CC(=O)CCC(=O)N(C)c1ccc2c(c1)CCCO2. The molecule has 0 spiro atoms. The van der Waals surface area contributed by atoms with Crippen molar-refractivity contribution in [2.45, 2.75) is 32.6 Å². The van der Waals surface area contributed by atoms with Gasteiger partial charge in [0.1, 0.15) is 11.5 Å². The number of hydrogen-bond acceptors (Lipinski definition) is 3. The van der Waals surface area contributed by atoms with Crippen LogP contribution in [0.5, 0.6) is 5.75 Å². The van der Waals surface area contributed by atoms with Crippen LogP contribution in [-0.4, -0.2) is 25.3 Å². The third kappa shape index (κ3) is 3.34. The van der Waals surface area contributed by atoms with Crippen molar-refractivity contribution in [3.05, 3.63) is 23.8 Å². The van der Waals surface area contributed by atoms with E-state index in [0.717, 1.165) is 36.4 Å². The molecule has 0 saturated carbocycles.